The van der Waals surface area contributed by atoms with Crippen LogP contribution in [0.2, 0.25) is 5.02 Å². The van der Waals surface area contributed by atoms with Gasteiger partial charge in [0.25, 0.3) is 5.91 Å². The van der Waals surface area contributed by atoms with Gasteiger partial charge in [-0.1, -0.05) is 73.1 Å². The minimum absolute atomic E-state index is 0.113. The first-order valence-electron chi connectivity index (χ1n) is 16.6. The summed E-state index contributed by atoms with van der Waals surface area (Å²) in [4.78, 5) is 59.1. The highest BCUT2D eigenvalue weighted by molar-refractivity contribution is 6.34. The van der Waals surface area contributed by atoms with Gasteiger partial charge in [-0.15, -0.1) is 13.2 Å². The number of likely N-dealkylation sites (tertiary alicyclic amines) is 1. The van der Waals surface area contributed by atoms with Gasteiger partial charge in [0.05, 0.1) is 47.3 Å². The van der Waals surface area contributed by atoms with Crippen molar-refractivity contribution in [2.45, 2.75) is 81.9 Å². The number of amides is 3. The molecule has 0 saturated carbocycles. The highest BCUT2D eigenvalue weighted by Crippen LogP contribution is 2.59. The number of fused-ring (bicyclic) bond motifs is 1. The van der Waals surface area contributed by atoms with Crippen molar-refractivity contribution in [2.24, 2.45) is 11.8 Å². The quantitative estimate of drug-likeness (QED) is 0.206. The fourth-order valence-electron chi connectivity index (χ4n) is 7.64. The van der Waals surface area contributed by atoms with E-state index in [1.54, 1.807) is 43.3 Å². The van der Waals surface area contributed by atoms with E-state index in [4.69, 9.17) is 21.1 Å². The van der Waals surface area contributed by atoms with Gasteiger partial charge >= 0.3 is 5.97 Å². The number of benzene rings is 2. The van der Waals surface area contributed by atoms with Crippen molar-refractivity contribution in [3.05, 3.63) is 90.5 Å². The molecule has 5 rings (SSSR count). The average Bonchev–Trinajstić information content (AvgIpc) is 3.73. The number of esters is 1. The van der Waals surface area contributed by atoms with Gasteiger partial charge in [0.15, 0.2) is 0 Å². The number of carbonyl (C=O) groups is 4. The number of para-hydroxylation sites is 1. The van der Waals surface area contributed by atoms with Crippen LogP contribution in [-0.2, 0) is 28.7 Å². The second-order valence-electron chi connectivity index (χ2n) is 12.7. The number of rotatable bonds is 15. The molecule has 2 aromatic carbocycles. The van der Waals surface area contributed by atoms with Gasteiger partial charge in [-0.25, -0.2) is 0 Å². The maximum Gasteiger partial charge on any atom is 0.313 e. The van der Waals surface area contributed by atoms with Crippen LogP contribution in [0, 0.1) is 11.8 Å². The lowest BCUT2D eigenvalue weighted by atomic mass is 9.70. The second-order valence-corrected chi connectivity index (χ2v) is 13.1. The molecular weight excluding hydrogens is 634 g/mol. The van der Waals surface area contributed by atoms with Crippen LogP contribution in [0.25, 0.3) is 0 Å². The van der Waals surface area contributed by atoms with E-state index in [1.165, 1.54) is 9.80 Å². The molecule has 3 amide bonds. The third-order valence-corrected chi connectivity index (χ3v) is 10.1. The highest BCUT2D eigenvalue weighted by atomic mass is 35.5. The molecule has 3 fully saturated rings. The maximum atomic E-state index is 14.7. The number of anilines is 1. The molecule has 10 nitrogen and oxygen atoms in total. The molecule has 256 valence electrons. The summed E-state index contributed by atoms with van der Waals surface area (Å²) in [7, 11) is 0. The van der Waals surface area contributed by atoms with Crippen molar-refractivity contribution in [1.82, 2.24) is 10.2 Å². The summed E-state index contributed by atoms with van der Waals surface area (Å²) in [6.07, 6.45) is 3.67. The zero-order chi connectivity index (χ0) is 34.6. The molecule has 0 radical (unpaired) electrons. The first-order chi connectivity index (χ1) is 23.1. The van der Waals surface area contributed by atoms with Gasteiger partial charge in [0, 0.05) is 13.0 Å². The van der Waals surface area contributed by atoms with E-state index >= 15 is 0 Å². The van der Waals surface area contributed by atoms with Gasteiger partial charge in [-0.3, -0.25) is 19.2 Å². The van der Waals surface area contributed by atoms with Crippen molar-refractivity contribution < 1.29 is 33.8 Å². The molecule has 0 unspecified atom stereocenters. The third-order valence-electron chi connectivity index (χ3n) is 9.83. The van der Waals surface area contributed by atoms with E-state index in [1.807, 2.05) is 37.3 Å². The molecule has 3 aliphatic heterocycles. The molecular formula is C37H44ClN3O7. The summed E-state index contributed by atoms with van der Waals surface area (Å²) in [5.41, 5.74) is -0.190. The molecule has 48 heavy (non-hydrogen) atoms. The molecule has 1 spiro atoms. The maximum absolute atomic E-state index is 14.7. The molecule has 2 bridgehead atoms. The van der Waals surface area contributed by atoms with Crippen LogP contribution in [-0.4, -0.2) is 76.7 Å². The Balaban J connectivity index is 1.50. The van der Waals surface area contributed by atoms with E-state index in [9.17, 15) is 24.3 Å². The number of ether oxygens (including phenoxy) is 2. The van der Waals surface area contributed by atoms with Crippen molar-refractivity contribution in [3.63, 3.8) is 0 Å². The molecule has 8 atom stereocenters. The van der Waals surface area contributed by atoms with Gasteiger partial charge in [-0.2, -0.15) is 0 Å². The standard InChI is InChI=1S/C37H44ClN3O7/c1-5-8-18-29(43)39-23(4)32(24-14-10-9-11-15-24)47-36(46)30-28-19-20-37(48-28)31(30)34(44)41(25(7-3)22-42)33(37)35(45)40(21-6-2)27-17-13-12-16-26(27)38/h5-6,9-17,23,25,28,30-33,42H,1-2,7-8,18-22H2,3-4H3,(H,39,43)/t23-,25-,28+,30-,31-,32-,33+,37-/m0/s1. The highest BCUT2D eigenvalue weighted by Gasteiger charge is 2.75. The fourth-order valence-corrected chi connectivity index (χ4v) is 7.88. The third kappa shape index (κ3) is 6.41. The first-order valence-corrected chi connectivity index (χ1v) is 16.9. The molecule has 3 heterocycles. The van der Waals surface area contributed by atoms with Gasteiger partial charge in [0.2, 0.25) is 11.8 Å². The number of aliphatic hydroxyl groups is 1. The van der Waals surface area contributed by atoms with Crippen molar-refractivity contribution in [2.75, 3.05) is 18.1 Å². The van der Waals surface area contributed by atoms with E-state index in [-0.39, 0.29) is 25.5 Å². The largest absolute Gasteiger partial charge is 0.455 e. The van der Waals surface area contributed by atoms with E-state index in [0.717, 1.165) is 0 Å². The Labute approximate surface area is 286 Å². The van der Waals surface area contributed by atoms with Crippen LogP contribution >= 0.6 is 11.6 Å². The zero-order valence-electron chi connectivity index (χ0n) is 27.4. The minimum Gasteiger partial charge on any atom is -0.455 e. The Bertz CT molecular complexity index is 1530. The smallest absolute Gasteiger partial charge is 0.313 e. The Hall–Kier alpha value is -3.99. The van der Waals surface area contributed by atoms with E-state index in [2.05, 4.69) is 18.5 Å². The molecule has 11 heteroatoms. The van der Waals surface area contributed by atoms with Gasteiger partial charge in [-0.05, 0) is 50.3 Å². The summed E-state index contributed by atoms with van der Waals surface area (Å²) in [5.74, 6) is -3.71. The Morgan fingerprint density at radius 2 is 1.88 bits per heavy atom. The zero-order valence-corrected chi connectivity index (χ0v) is 28.2. The Kier molecular flexibility index (Phi) is 11.1. The monoisotopic (exact) mass is 677 g/mol. The fraction of sp³-hybridized carbons (Fsp3) is 0.459. The number of halogens is 1. The van der Waals surface area contributed by atoms with Gasteiger partial charge < -0.3 is 29.7 Å². The molecule has 2 aromatic rings. The predicted octanol–water partition coefficient (Wildman–Crippen LogP) is 4.76. The van der Waals surface area contributed by atoms with Crippen LogP contribution in [0.5, 0.6) is 0 Å². The summed E-state index contributed by atoms with van der Waals surface area (Å²) in [5, 5.41) is 13.7. The van der Waals surface area contributed by atoms with Crippen LogP contribution in [0.1, 0.15) is 57.6 Å². The molecule has 2 N–H and O–H groups in total. The van der Waals surface area contributed by atoms with E-state index in [0.29, 0.717) is 42.0 Å². The van der Waals surface area contributed by atoms with Crippen molar-refractivity contribution in [1.29, 1.82) is 0 Å². The van der Waals surface area contributed by atoms with Crippen LogP contribution < -0.4 is 10.2 Å². The number of carbonyl (C=O) groups excluding carboxylic acids is 4. The van der Waals surface area contributed by atoms with Crippen LogP contribution in [0.3, 0.4) is 0 Å². The lowest BCUT2D eigenvalue weighted by Crippen LogP contribution is -2.59. The number of nitrogens with zero attached hydrogens (tertiary/aromatic N) is 2. The number of hydrogen-bond acceptors (Lipinski definition) is 7. The summed E-state index contributed by atoms with van der Waals surface area (Å²) in [6.45, 7) is 10.8. The van der Waals surface area contributed by atoms with Crippen LogP contribution in [0.15, 0.2) is 79.9 Å². The lowest BCUT2D eigenvalue weighted by molar-refractivity contribution is -0.162. The number of nitrogens with one attached hydrogen (secondary N) is 1. The number of aliphatic hydroxyl groups excluding tert-OH is 1. The SMILES string of the molecule is C=CCCC(=O)N[C@@H](C)[C@H](OC(=O)[C@@H]1[C@H]2C(=O)N([C@@H](CC)CO)[C@H](C(=O)N(CC=C)c3ccccc3Cl)[C@]23CC[C@H]1O3)c1ccccc1. The summed E-state index contributed by atoms with van der Waals surface area (Å²) >= 11 is 6.55. The van der Waals surface area contributed by atoms with Crippen molar-refractivity contribution in [3.8, 4) is 0 Å². The Morgan fingerprint density at radius 1 is 1.17 bits per heavy atom. The minimum atomic E-state index is -1.32. The molecule has 3 saturated heterocycles. The van der Waals surface area contributed by atoms with Crippen LogP contribution in [0.4, 0.5) is 5.69 Å². The number of allylic oxidation sites excluding steroid dienone is 1. The Morgan fingerprint density at radius 3 is 2.52 bits per heavy atom. The normalized spacial score (nSPS) is 25.9. The predicted molar refractivity (Wildman–Crippen MR) is 182 cm³/mol. The van der Waals surface area contributed by atoms with Crippen molar-refractivity contribution >= 4 is 41.0 Å². The second kappa shape index (κ2) is 15.1. The first kappa shape index (κ1) is 35.3. The average molecular weight is 678 g/mol. The molecule has 3 aliphatic rings. The lowest BCUT2D eigenvalue weighted by Gasteiger charge is -2.39. The molecule has 0 aromatic heterocycles. The topological polar surface area (TPSA) is 125 Å². The number of hydrogen-bond donors (Lipinski definition) is 2. The van der Waals surface area contributed by atoms with E-state index < -0.39 is 65.6 Å². The summed E-state index contributed by atoms with van der Waals surface area (Å²) in [6, 6.07) is 13.6. The molecule has 0 aliphatic carbocycles. The summed E-state index contributed by atoms with van der Waals surface area (Å²) < 4.78 is 12.8. The van der Waals surface area contributed by atoms with Gasteiger partial charge in [0.1, 0.15) is 17.7 Å².